The van der Waals surface area contributed by atoms with Gasteiger partial charge in [0.15, 0.2) is 0 Å². The molecule has 3 aromatic rings. The summed E-state index contributed by atoms with van der Waals surface area (Å²) in [5.74, 6) is 0. The van der Waals surface area contributed by atoms with Crippen LogP contribution in [0.3, 0.4) is 0 Å². The van der Waals surface area contributed by atoms with Crippen molar-refractivity contribution in [3.05, 3.63) is 93.3 Å². The smallest absolute Gasteiger partial charge is 0.119 e. The van der Waals surface area contributed by atoms with Crippen molar-refractivity contribution in [3.8, 4) is 0 Å². The quantitative estimate of drug-likeness (QED) is 0.335. The summed E-state index contributed by atoms with van der Waals surface area (Å²) in [6, 6.07) is 16.7. The zero-order chi connectivity index (χ0) is 28.1. The van der Waals surface area contributed by atoms with Gasteiger partial charge in [0.05, 0.1) is 0 Å². The lowest BCUT2D eigenvalue weighted by molar-refractivity contribution is 0.206. The van der Waals surface area contributed by atoms with E-state index in [-0.39, 0.29) is 21.7 Å². The first kappa shape index (κ1) is 29.2. The second kappa shape index (κ2) is 9.75. The molecule has 2 aromatic carbocycles. The van der Waals surface area contributed by atoms with Gasteiger partial charge >= 0.3 is 0 Å². The minimum Gasteiger partial charge on any atom is -0.382 e. The highest BCUT2D eigenvalue weighted by Gasteiger charge is 2.26. The Balaban J connectivity index is 2.02. The molecule has 1 aromatic heterocycles. The van der Waals surface area contributed by atoms with Gasteiger partial charge in [-0.05, 0) is 67.2 Å². The van der Waals surface area contributed by atoms with Crippen LogP contribution in [0.1, 0.15) is 140 Å². The molecule has 0 aliphatic carbocycles. The number of nitrogens with one attached hydrogen (secondary N) is 1. The Morgan fingerprint density at radius 3 is 0.919 bits per heavy atom. The molecule has 0 bridgehead atoms. The van der Waals surface area contributed by atoms with Gasteiger partial charge in [0.25, 0.3) is 0 Å². The molecule has 37 heavy (non-hydrogen) atoms. The molecule has 3 heteroatoms. The van der Waals surface area contributed by atoms with Gasteiger partial charge in [-0.3, -0.25) is 0 Å². The van der Waals surface area contributed by atoms with Gasteiger partial charge in [0.1, 0.15) is 12.2 Å². The van der Waals surface area contributed by atoms with Crippen LogP contribution in [0.25, 0.3) is 0 Å². The van der Waals surface area contributed by atoms with Gasteiger partial charge in [-0.2, -0.15) is 0 Å². The molecule has 0 amide bonds. The van der Waals surface area contributed by atoms with Crippen molar-refractivity contribution >= 4 is 0 Å². The Morgan fingerprint density at radius 1 is 0.459 bits per heavy atom. The van der Waals surface area contributed by atoms with Crippen molar-refractivity contribution < 1.29 is 10.2 Å². The summed E-state index contributed by atoms with van der Waals surface area (Å²) in [4.78, 5) is 3.34. The minimum atomic E-state index is -0.810. The molecule has 0 saturated carbocycles. The van der Waals surface area contributed by atoms with Crippen LogP contribution >= 0.6 is 0 Å². The summed E-state index contributed by atoms with van der Waals surface area (Å²) >= 11 is 0. The van der Waals surface area contributed by atoms with Crippen LogP contribution in [0.4, 0.5) is 0 Å². The number of hydrogen-bond donors (Lipinski definition) is 3. The Labute approximate surface area is 225 Å². The summed E-state index contributed by atoms with van der Waals surface area (Å²) in [6.45, 7) is 26.4. The van der Waals surface area contributed by atoms with Crippen LogP contribution in [0.5, 0.6) is 0 Å². The lowest BCUT2D eigenvalue weighted by Crippen LogP contribution is -2.18. The number of aliphatic hydroxyl groups excluding tert-OH is 2. The molecule has 0 aliphatic heterocycles. The van der Waals surface area contributed by atoms with Crippen LogP contribution in [-0.2, 0) is 21.7 Å². The molecule has 0 spiro atoms. The van der Waals surface area contributed by atoms with Gasteiger partial charge < -0.3 is 15.2 Å². The van der Waals surface area contributed by atoms with E-state index in [4.69, 9.17) is 0 Å². The molecule has 3 rings (SSSR count). The van der Waals surface area contributed by atoms with Gasteiger partial charge in [-0.1, -0.05) is 119 Å². The van der Waals surface area contributed by atoms with Crippen LogP contribution < -0.4 is 0 Å². The normalized spacial score (nSPS) is 15.1. The van der Waals surface area contributed by atoms with Crippen LogP contribution in [0.2, 0.25) is 0 Å². The fraction of sp³-hybridized carbons (Fsp3) is 0.529. The van der Waals surface area contributed by atoms with Gasteiger partial charge in [-0.25, -0.2) is 0 Å². The third-order valence-corrected chi connectivity index (χ3v) is 7.33. The molecular formula is C34H49NO2. The van der Waals surface area contributed by atoms with E-state index in [1.807, 2.05) is 12.1 Å². The molecule has 0 fully saturated rings. The number of aromatic nitrogens is 1. The van der Waals surface area contributed by atoms with Gasteiger partial charge in [0, 0.05) is 11.4 Å². The Kier molecular flexibility index (Phi) is 7.69. The summed E-state index contributed by atoms with van der Waals surface area (Å²) in [7, 11) is 0. The highest BCUT2D eigenvalue weighted by atomic mass is 16.3. The van der Waals surface area contributed by atoms with Crippen LogP contribution in [0, 0.1) is 0 Å². The van der Waals surface area contributed by atoms with E-state index in [2.05, 4.69) is 124 Å². The maximum atomic E-state index is 11.4. The zero-order valence-electron chi connectivity index (χ0n) is 25.2. The van der Waals surface area contributed by atoms with E-state index >= 15 is 0 Å². The molecule has 2 atom stereocenters. The molecule has 202 valence electrons. The first-order valence-corrected chi connectivity index (χ1v) is 13.5. The van der Waals surface area contributed by atoms with Crippen molar-refractivity contribution in [1.82, 2.24) is 4.98 Å². The van der Waals surface area contributed by atoms with Crippen molar-refractivity contribution in [1.29, 1.82) is 0 Å². The number of benzene rings is 2. The first-order chi connectivity index (χ1) is 16.7. The monoisotopic (exact) mass is 503 g/mol. The SMILES string of the molecule is CC(C)(C)c1cc(C(O)c2ccc(C(O)c3cc(C(C)(C)C)cc(C(C)(C)C)c3)[nH]2)cc(C(C)(C)C)c1. The number of H-pyrrole nitrogens is 1. The first-order valence-electron chi connectivity index (χ1n) is 13.5. The number of rotatable bonds is 4. The van der Waals surface area contributed by atoms with E-state index in [9.17, 15) is 10.2 Å². The second-order valence-corrected chi connectivity index (χ2v) is 14.9. The number of aliphatic hydroxyl groups is 2. The molecule has 0 radical (unpaired) electrons. The van der Waals surface area contributed by atoms with Crippen molar-refractivity contribution in [3.63, 3.8) is 0 Å². The van der Waals surface area contributed by atoms with E-state index in [0.717, 1.165) is 11.1 Å². The summed E-state index contributed by atoms with van der Waals surface area (Å²) < 4.78 is 0. The topological polar surface area (TPSA) is 56.2 Å². The molecule has 3 nitrogen and oxygen atoms in total. The standard InChI is InChI=1S/C34H49NO2/c1-31(2,3)23-15-21(16-24(19-23)32(4,5)6)29(36)27-13-14-28(35-27)30(37)22-17-25(33(7,8)9)20-26(18-22)34(10,11)12/h13-20,29-30,35-37H,1-12H3. The number of aromatic amines is 1. The van der Waals surface area contributed by atoms with Crippen molar-refractivity contribution in [2.45, 2.75) is 117 Å². The summed E-state index contributed by atoms with van der Waals surface area (Å²) in [5, 5.41) is 22.9. The minimum absolute atomic E-state index is 0.0321. The molecule has 0 aliphatic rings. The van der Waals surface area contributed by atoms with E-state index in [0.29, 0.717) is 11.4 Å². The Morgan fingerprint density at radius 2 is 0.703 bits per heavy atom. The number of hydrogen-bond acceptors (Lipinski definition) is 2. The lowest BCUT2D eigenvalue weighted by Gasteiger charge is -2.27. The zero-order valence-corrected chi connectivity index (χ0v) is 25.2. The van der Waals surface area contributed by atoms with Gasteiger partial charge in [-0.15, -0.1) is 0 Å². The van der Waals surface area contributed by atoms with Crippen molar-refractivity contribution in [2.24, 2.45) is 0 Å². The third-order valence-electron chi connectivity index (χ3n) is 7.33. The fourth-order valence-electron chi connectivity index (χ4n) is 4.46. The van der Waals surface area contributed by atoms with E-state index in [1.165, 1.54) is 22.3 Å². The molecule has 3 N–H and O–H groups in total. The average Bonchev–Trinajstić information content (AvgIpc) is 3.25. The summed E-state index contributed by atoms with van der Waals surface area (Å²) in [5.41, 5.74) is 7.78. The lowest BCUT2D eigenvalue weighted by atomic mass is 9.79. The fourth-order valence-corrected chi connectivity index (χ4v) is 4.46. The van der Waals surface area contributed by atoms with E-state index in [1.54, 1.807) is 0 Å². The highest BCUT2D eigenvalue weighted by molar-refractivity contribution is 5.43. The van der Waals surface area contributed by atoms with Gasteiger partial charge in [0.2, 0.25) is 0 Å². The Hall–Kier alpha value is -2.36. The average molecular weight is 504 g/mol. The highest BCUT2D eigenvalue weighted by Crippen LogP contribution is 2.36. The maximum Gasteiger partial charge on any atom is 0.119 e. The van der Waals surface area contributed by atoms with E-state index < -0.39 is 12.2 Å². The summed E-state index contributed by atoms with van der Waals surface area (Å²) in [6.07, 6.45) is -1.62. The maximum absolute atomic E-state index is 11.4. The Bertz CT molecular complexity index is 1080. The van der Waals surface area contributed by atoms with Crippen LogP contribution in [0.15, 0.2) is 48.5 Å². The molecule has 0 saturated heterocycles. The van der Waals surface area contributed by atoms with Crippen molar-refractivity contribution in [2.75, 3.05) is 0 Å². The third kappa shape index (κ3) is 6.75. The largest absolute Gasteiger partial charge is 0.382 e. The molecular weight excluding hydrogens is 454 g/mol. The molecule has 2 unspecified atom stereocenters. The molecule has 1 heterocycles. The van der Waals surface area contributed by atoms with Crippen LogP contribution in [-0.4, -0.2) is 15.2 Å². The second-order valence-electron chi connectivity index (χ2n) is 14.9. The predicted molar refractivity (Wildman–Crippen MR) is 157 cm³/mol. The predicted octanol–water partition coefficient (Wildman–Crippen LogP) is 8.37.